The van der Waals surface area contributed by atoms with Gasteiger partial charge in [-0.15, -0.1) is 0 Å². The SMILES string of the molecule is CCCCS(=O)(=O)N1CCC2(CC1)CC(CC(=O)NC1CC1)c1ccccc1O2. The Hall–Kier alpha value is -1.60. The number of ether oxygens (including phenoxy) is 1. The Kier molecular flexibility index (Phi) is 5.89. The van der Waals surface area contributed by atoms with Crippen LogP contribution in [0.1, 0.15) is 69.8 Å². The first-order valence-electron chi connectivity index (χ1n) is 11.0. The molecule has 160 valence electrons. The number of nitrogens with one attached hydrogen (secondary N) is 1. The summed E-state index contributed by atoms with van der Waals surface area (Å²) >= 11 is 0. The van der Waals surface area contributed by atoms with Crippen LogP contribution in [0.25, 0.3) is 0 Å². The van der Waals surface area contributed by atoms with Crippen molar-refractivity contribution in [3.63, 3.8) is 0 Å². The maximum Gasteiger partial charge on any atom is 0.220 e. The van der Waals surface area contributed by atoms with Crippen molar-refractivity contribution in [3.05, 3.63) is 29.8 Å². The Bertz CT molecular complexity index is 842. The number of hydrogen-bond acceptors (Lipinski definition) is 4. The van der Waals surface area contributed by atoms with Crippen LogP contribution in [0.3, 0.4) is 0 Å². The van der Waals surface area contributed by atoms with Gasteiger partial charge in [0.2, 0.25) is 15.9 Å². The molecule has 1 saturated heterocycles. The summed E-state index contributed by atoms with van der Waals surface area (Å²) < 4.78 is 33.2. The van der Waals surface area contributed by atoms with Crippen molar-refractivity contribution >= 4 is 15.9 Å². The molecular weight excluding hydrogens is 388 g/mol. The number of rotatable bonds is 7. The van der Waals surface area contributed by atoms with Crippen LogP contribution in [0.5, 0.6) is 5.75 Å². The number of nitrogens with zero attached hydrogens (tertiary/aromatic N) is 1. The fourth-order valence-corrected chi connectivity index (χ4v) is 6.25. The Morgan fingerprint density at radius 3 is 2.66 bits per heavy atom. The largest absolute Gasteiger partial charge is 0.487 e. The van der Waals surface area contributed by atoms with Crippen molar-refractivity contribution in [3.8, 4) is 5.75 Å². The van der Waals surface area contributed by atoms with E-state index in [4.69, 9.17) is 4.74 Å². The van der Waals surface area contributed by atoms with Crippen LogP contribution in [0.2, 0.25) is 0 Å². The van der Waals surface area contributed by atoms with Crippen molar-refractivity contribution in [2.45, 2.75) is 75.9 Å². The highest BCUT2D eigenvalue weighted by Crippen LogP contribution is 2.46. The van der Waals surface area contributed by atoms with Crippen LogP contribution < -0.4 is 10.1 Å². The molecule has 1 aromatic rings. The summed E-state index contributed by atoms with van der Waals surface area (Å²) in [6.45, 7) is 3.00. The molecular formula is C22H32N2O4S. The summed E-state index contributed by atoms with van der Waals surface area (Å²) in [7, 11) is -3.19. The van der Waals surface area contributed by atoms with E-state index in [2.05, 4.69) is 11.4 Å². The lowest BCUT2D eigenvalue weighted by molar-refractivity contribution is -0.122. The number of fused-ring (bicyclic) bond motifs is 1. The van der Waals surface area contributed by atoms with Gasteiger partial charge in [0.15, 0.2) is 0 Å². The average molecular weight is 421 g/mol. The molecule has 1 atom stereocenters. The zero-order chi connectivity index (χ0) is 20.5. The molecule has 6 nitrogen and oxygen atoms in total. The number of para-hydroxylation sites is 1. The molecule has 2 heterocycles. The Morgan fingerprint density at radius 2 is 1.97 bits per heavy atom. The first-order chi connectivity index (χ1) is 13.9. The van der Waals surface area contributed by atoms with E-state index in [1.807, 2.05) is 25.1 Å². The molecule has 3 aliphatic rings. The van der Waals surface area contributed by atoms with Crippen molar-refractivity contribution in [2.75, 3.05) is 18.8 Å². The van der Waals surface area contributed by atoms with E-state index in [0.29, 0.717) is 44.8 Å². The van der Waals surface area contributed by atoms with Gasteiger partial charge in [0.1, 0.15) is 11.4 Å². The van der Waals surface area contributed by atoms with E-state index in [9.17, 15) is 13.2 Å². The van der Waals surface area contributed by atoms with Gasteiger partial charge in [-0.05, 0) is 37.3 Å². The van der Waals surface area contributed by atoms with E-state index < -0.39 is 10.0 Å². The normalized spacial score (nSPS) is 24.0. The third-order valence-electron chi connectivity index (χ3n) is 6.46. The smallest absolute Gasteiger partial charge is 0.220 e. The highest BCUT2D eigenvalue weighted by molar-refractivity contribution is 7.89. The number of amides is 1. The number of sulfonamides is 1. The van der Waals surface area contributed by atoms with Crippen molar-refractivity contribution < 1.29 is 17.9 Å². The third kappa shape index (κ3) is 4.77. The lowest BCUT2D eigenvalue weighted by Gasteiger charge is -2.46. The number of carbonyl (C=O) groups is 1. The molecule has 1 N–H and O–H groups in total. The second kappa shape index (κ2) is 8.26. The van der Waals surface area contributed by atoms with Gasteiger partial charge in [0.05, 0.1) is 5.75 Å². The zero-order valence-electron chi connectivity index (χ0n) is 17.2. The van der Waals surface area contributed by atoms with Gasteiger partial charge in [-0.25, -0.2) is 12.7 Å². The van der Waals surface area contributed by atoms with E-state index in [1.165, 1.54) is 0 Å². The number of carbonyl (C=O) groups excluding carboxylic acids is 1. The maximum atomic E-state index is 12.6. The average Bonchev–Trinajstić information content (AvgIpc) is 3.50. The molecule has 0 aromatic heterocycles. The molecule has 0 bridgehead atoms. The quantitative estimate of drug-likeness (QED) is 0.735. The molecule has 1 aromatic carbocycles. The van der Waals surface area contributed by atoms with Gasteiger partial charge >= 0.3 is 0 Å². The predicted molar refractivity (Wildman–Crippen MR) is 112 cm³/mol. The summed E-state index contributed by atoms with van der Waals surface area (Å²) in [6.07, 6.45) is 6.33. The van der Waals surface area contributed by atoms with Crippen LogP contribution in [-0.2, 0) is 14.8 Å². The summed E-state index contributed by atoms with van der Waals surface area (Å²) in [5, 5.41) is 3.10. The summed E-state index contributed by atoms with van der Waals surface area (Å²) in [5.74, 6) is 1.31. The fourth-order valence-electron chi connectivity index (χ4n) is 4.60. The maximum absolute atomic E-state index is 12.6. The molecule has 1 unspecified atom stereocenters. The van der Waals surface area contributed by atoms with Gasteiger partial charge < -0.3 is 10.1 Å². The number of piperidine rings is 1. The van der Waals surface area contributed by atoms with Gasteiger partial charge in [-0.3, -0.25) is 4.79 Å². The van der Waals surface area contributed by atoms with Crippen molar-refractivity contribution in [1.82, 2.24) is 9.62 Å². The Balaban J connectivity index is 1.46. The van der Waals surface area contributed by atoms with Gasteiger partial charge in [-0.1, -0.05) is 31.5 Å². The van der Waals surface area contributed by atoms with Crippen molar-refractivity contribution in [1.29, 1.82) is 0 Å². The molecule has 1 amide bonds. The zero-order valence-corrected chi connectivity index (χ0v) is 18.0. The Morgan fingerprint density at radius 1 is 1.24 bits per heavy atom. The number of hydrogen-bond donors (Lipinski definition) is 1. The highest BCUT2D eigenvalue weighted by Gasteiger charge is 2.45. The molecule has 1 aliphatic carbocycles. The van der Waals surface area contributed by atoms with Crippen LogP contribution in [-0.4, -0.2) is 49.1 Å². The summed E-state index contributed by atoms with van der Waals surface area (Å²) in [6, 6.07) is 8.36. The predicted octanol–water partition coefficient (Wildman–Crippen LogP) is 3.19. The lowest BCUT2D eigenvalue weighted by Crippen LogP contribution is -2.52. The molecule has 7 heteroatoms. The molecule has 1 saturated carbocycles. The number of benzene rings is 1. The summed E-state index contributed by atoms with van der Waals surface area (Å²) in [4.78, 5) is 12.5. The lowest BCUT2D eigenvalue weighted by atomic mass is 9.76. The third-order valence-corrected chi connectivity index (χ3v) is 8.42. The number of unbranched alkanes of at least 4 members (excludes halogenated alkanes) is 1. The first-order valence-corrected chi connectivity index (χ1v) is 12.6. The van der Waals surface area contributed by atoms with Crippen molar-refractivity contribution in [2.24, 2.45) is 0 Å². The van der Waals surface area contributed by atoms with Gasteiger partial charge in [0.25, 0.3) is 0 Å². The standard InChI is InChI=1S/C22H32N2O4S/c1-2-3-14-29(26,27)24-12-10-22(11-13-24)16-17(15-21(25)23-18-8-9-18)19-6-4-5-7-20(19)28-22/h4-7,17-18H,2-3,8-16H2,1H3,(H,23,25). The topological polar surface area (TPSA) is 75.7 Å². The monoisotopic (exact) mass is 420 g/mol. The fraction of sp³-hybridized carbons (Fsp3) is 0.682. The molecule has 1 spiro atoms. The first kappa shape index (κ1) is 20.7. The van der Waals surface area contributed by atoms with Crippen LogP contribution in [0.15, 0.2) is 24.3 Å². The van der Waals surface area contributed by atoms with Crippen LogP contribution >= 0.6 is 0 Å². The second-order valence-corrected chi connectivity index (χ2v) is 10.9. The van der Waals surface area contributed by atoms with Gasteiger partial charge in [0, 0.05) is 44.3 Å². The molecule has 4 rings (SSSR count). The van der Waals surface area contributed by atoms with E-state index >= 15 is 0 Å². The van der Waals surface area contributed by atoms with E-state index in [0.717, 1.165) is 37.0 Å². The molecule has 2 fully saturated rings. The van der Waals surface area contributed by atoms with E-state index in [1.54, 1.807) is 4.31 Å². The second-order valence-electron chi connectivity index (χ2n) is 8.84. The minimum absolute atomic E-state index is 0.113. The summed E-state index contributed by atoms with van der Waals surface area (Å²) in [5.41, 5.74) is 0.720. The minimum Gasteiger partial charge on any atom is -0.487 e. The Labute approximate surface area is 174 Å². The van der Waals surface area contributed by atoms with Gasteiger partial charge in [-0.2, -0.15) is 0 Å². The molecule has 0 radical (unpaired) electrons. The highest BCUT2D eigenvalue weighted by atomic mass is 32.2. The molecule has 2 aliphatic heterocycles. The minimum atomic E-state index is -3.19. The van der Waals surface area contributed by atoms with E-state index in [-0.39, 0.29) is 23.2 Å². The van der Waals surface area contributed by atoms with Crippen LogP contribution in [0, 0.1) is 0 Å². The molecule has 29 heavy (non-hydrogen) atoms. The van der Waals surface area contributed by atoms with Crippen LogP contribution in [0.4, 0.5) is 0 Å².